The van der Waals surface area contributed by atoms with Crippen molar-refractivity contribution in [2.45, 2.75) is 32.9 Å². The fourth-order valence-electron chi connectivity index (χ4n) is 1.18. The molecule has 0 heterocycles. The molecule has 0 saturated carbocycles. The van der Waals surface area contributed by atoms with E-state index in [1.807, 2.05) is 6.92 Å². The Bertz CT molecular complexity index is 231. The lowest BCUT2D eigenvalue weighted by molar-refractivity contribution is -0.143. The van der Waals surface area contributed by atoms with Gasteiger partial charge in [0.25, 0.3) is 0 Å². The fraction of sp³-hybridized carbons (Fsp3) is 0.800. The van der Waals surface area contributed by atoms with E-state index in [9.17, 15) is 9.59 Å². The number of rotatable bonds is 5. The van der Waals surface area contributed by atoms with E-state index >= 15 is 0 Å². The maximum absolute atomic E-state index is 11.6. The van der Waals surface area contributed by atoms with Crippen LogP contribution < -0.4 is 5.32 Å². The third-order valence-corrected chi connectivity index (χ3v) is 2.28. The normalized spacial score (nSPS) is 14.2. The molecule has 1 N–H and O–H groups in total. The highest BCUT2D eigenvalue weighted by Crippen LogP contribution is 1.95. The van der Waals surface area contributed by atoms with Crippen LogP contribution in [-0.4, -0.2) is 49.6 Å². The number of nitrogens with one attached hydrogen (secondary N) is 1. The van der Waals surface area contributed by atoms with Gasteiger partial charge in [0.2, 0.25) is 5.91 Å². The molecule has 2 atom stereocenters. The highest BCUT2D eigenvalue weighted by molar-refractivity contribution is 5.82. The minimum absolute atomic E-state index is 0.0340. The summed E-state index contributed by atoms with van der Waals surface area (Å²) in [5.41, 5.74) is 0. The van der Waals surface area contributed by atoms with Crippen LogP contribution in [0.2, 0.25) is 0 Å². The molecule has 0 aromatic rings. The van der Waals surface area contributed by atoms with E-state index < -0.39 is 6.04 Å². The second-order valence-corrected chi connectivity index (χ2v) is 3.49. The van der Waals surface area contributed by atoms with Gasteiger partial charge >= 0.3 is 5.97 Å². The topological polar surface area (TPSA) is 58.6 Å². The first-order chi connectivity index (χ1) is 6.93. The Morgan fingerprint density at radius 1 is 1.33 bits per heavy atom. The van der Waals surface area contributed by atoms with E-state index in [-0.39, 0.29) is 17.9 Å². The molecule has 0 fully saturated rings. The van der Waals surface area contributed by atoms with Gasteiger partial charge in [0, 0.05) is 13.6 Å². The van der Waals surface area contributed by atoms with Crippen LogP contribution in [-0.2, 0) is 14.3 Å². The zero-order valence-electron chi connectivity index (χ0n) is 10.0. The van der Waals surface area contributed by atoms with Crippen molar-refractivity contribution in [3.63, 3.8) is 0 Å². The molecule has 0 rings (SSSR count). The summed E-state index contributed by atoms with van der Waals surface area (Å²) in [4.78, 5) is 24.3. The van der Waals surface area contributed by atoms with Crippen molar-refractivity contribution in [3.05, 3.63) is 0 Å². The first kappa shape index (κ1) is 13.9. The van der Waals surface area contributed by atoms with E-state index in [1.54, 1.807) is 25.8 Å². The van der Waals surface area contributed by atoms with E-state index in [0.717, 1.165) is 0 Å². The minimum atomic E-state index is -0.473. The summed E-state index contributed by atoms with van der Waals surface area (Å²) in [6.45, 7) is 5.95. The number of hydrogen-bond donors (Lipinski definition) is 1. The van der Waals surface area contributed by atoms with Crippen molar-refractivity contribution in [2.24, 2.45) is 0 Å². The molecule has 0 radical (unpaired) electrons. The van der Waals surface area contributed by atoms with Gasteiger partial charge in [0.15, 0.2) is 0 Å². The summed E-state index contributed by atoms with van der Waals surface area (Å²) in [6, 6.07) is -0.858. The highest BCUT2D eigenvalue weighted by Gasteiger charge is 2.21. The molecule has 0 aromatic carbocycles. The molecule has 0 aliphatic heterocycles. The second-order valence-electron chi connectivity index (χ2n) is 3.49. The van der Waals surface area contributed by atoms with Gasteiger partial charge in [-0.1, -0.05) is 0 Å². The first-order valence-electron chi connectivity index (χ1n) is 5.02. The van der Waals surface area contributed by atoms with Gasteiger partial charge in [-0.3, -0.25) is 14.9 Å². The van der Waals surface area contributed by atoms with Gasteiger partial charge in [-0.05, 0) is 20.8 Å². The maximum Gasteiger partial charge on any atom is 0.322 e. The van der Waals surface area contributed by atoms with E-state index in [1.165, 1.54) is 7.11 Å². The molecule has 5 nitrogen and oxygen atoms in total. The van der Waals surface area contributed by atoms with Gasteiger partial charge < -0.3 is 9.64 Å². The average Bonchev–Trinajstić information content (AvgIpc) is 2.25. The molecule has 1 amide bonds. The van der Waals surface area contributed by atoms with Gasteiger partial charge in [-0.15, -0.1) is 0 Å². The van der Waals surface area contributed by atoms with E-state index in [2.05, 4.69) is 10.1 Å². The Balaban J connectivity index is 4.18. The van der Waals surface area contributed by atoms with Crippen LogP contribution in [0.1, 0.15) is 20.8 Å². The van der Waals surface area contributed by atoms with Crippen molar-refractivity contribution in [2.75, 3.05) is 20.7 Å². The van der Waals surface area contributed by atoms with Crippen LogP contribution in [0, 0.1) is 0 Å². The largest absolute Gasteiger partial charge is 0.468 e. The summed E-state index contributed by atoms with van der Waals surface area (Å²) >= 11 is 0. The molecule has 0 aliphatic carbocycles. The number of carbonyl (C=O) groups is 2. The number of esters is 1. The summed E-state index contributed by atoms with van der Waals surface area (Å²) in [6.07, 6.45) is 0. The van der Waals surface area contributed by atoms with Crippen molar-refractivity contribution in [1.29, 1.82) is 0 Å². The number of ether oxygens (including phenoxy) is 1. The lowest BCUT2D eigenvalue weighted by Crippen LogP contribution is -2.48. The molecule has 0 aliphatic rings. The molecule has 15 heavy (non-hydrogen) atoms. The lowest BCUT2D eigenvalue weighted by atomic mass is 10.2. The summed E-state index contributed by atoms with van der Waals surface area (Å²) in [7, 11) is 3.05. The standard InChI is InChI=1S/C10H20N2O3/c1-6-12(4)9(13)7(2)11-8(3)10(14)15-5/h7-8,11H,6H2,1-5H3. The smallest absolute Gasteiger partial charge is 0.322 e. The molecule has 5 heteroatoms. The van der Waals surface area contributed by atoms with Crippen molar-refractivity contribution in [1.82, 2.24) is 10.2 Å². The first-order valence-corrected chi connectivity index (χ1v) is 5.02. The Morgan fingerprint density at radius 2 is 1.87 bits per heavy atom. The van der Waals surface area contributed by atoms with Crippen molar-refractivity contribution < 1.29 is 14.3 Å². The Labute approximate surface area is 90.8 Å². The number of hydrogen-bond acceptors (Lipinski definition) is 4. The number of methoxy groups -OCH3 is 1. The van der Waals surface area contributed by atoms with Crippen molar-refractivity contribution in [3.8, 4) is 0 Å². The molecular weight excluding hydrogens is 196 g/mol. The predicted octanol–water partition coefficient (Wildman–Crippen LogP) is 0.00430. The van der Waals surface area contributed by atoms with Crippen molar-refractivity contribution >= 4 is 11.9 Å². The highest BCUT2D eigenvalue weighted by atomic mass is 16.5. The van der Waals surface area contributed by atoms with Crippen LogP contribution in [0.3, 0.4) is 0 Å². The Hall–Kier alpha value is -1.10. The third kappa shape index (κ3) is 4.29. The molecular formula is C10H20N2O3. The van der Waals surface area contributed by atoms with Crippen LogP contribution in [0.5, 0.6) is 0 Å². The molecule has 88 valence electrons. The number of carbonyl (C=O) groups excluding carboxylic acids is 2. The zero-order chi connectivity index (χ0) is 12.0. The minimum Gasteiger partial charge on any atom is -0.468 e. The van der Waals surface area contributed by atoms with Gasteiger partial charge in [-0.2, -0.15) is 0 Å². The quantitative estimate of drug-likeness (QED) is 0.657. The number of nitrogens with zero attached hydrogens (tertiary/aromatic N) is 1. The average molecular weight is 216 g/mol. The second kappa shape index (κ2) is 6.40. The SMILES string of the molecule is CCN(C)C(=O)C(C)NC(C)C(=O)OC. The molecule has 0 saturated heterocycles. The van der Waals surface area contributed by atoms with E-state index in [0.29, 0.717) is 6.54 Å². The van der Waals surface area contributed by atoms with Crippen LogP contribution >= 0.6 is 0 Å². The predicted molar refractivity (Wildman–Crippen MR) is 57.4 cm³/mol. The monoisotopic (exact) mass is 216 g/mol. The maximum atomic E-state index is 11.6. The molecule has 2 unspecified atom stereocenters. The van der Waals surface area contributed by atoms with Gasteiger partial charge in [0.1, 0.15) is 6.04 Å². The van der Waals surface area contributed by atoms with Crippen LogP contribution in [0.4, 0.5) is 0 Å². The fourth-order valence-corrected chi connectivity index (χ4v) is 1.18. The molecule has 0 aromatic heterocycles. The van der Waals surface area contributed by atoms with Gasteiger partial charge in [-0.25, -0.2) is 0 Å². The summed E-state index contributed by atoms with van der Waals surface area (Å²) in [5, 5.41) is 2.88. The summed E-state index contributed by atoms with van der Waals surface area (Å²) < 4.78 is 4.55. The molecule has 0 bridgehead atoms. The lowest BCUT2D eigenvalue weighted by Gasteiger charge is -2.22. The number of likely N-dealkylation sites (N-methyl/N-ethyl adjacent to an activating group) is 1. The Kier molecular flexibility index (Phi) is 5.93. The van der Waals surface area contributed by atoms with Crippen LogP contribution in [0.15, 0.2) is 0 Å². The Morgan fingerprint density at radius 3 is 2.27 bits per heavy atom. The molecule has 0 spiro atoms. The summed E-state index contributed by atoms with van der Waals surface area (Å²) in [5.74, 6) is -0.401. The zero-order valence-corrected chi connectivity index (χ0v) is 10.0. The van der Waals surface area contributed by atoms with Gasteiger partial charge in [0.05, 0.1) is 13.2 Å². The number of amides is 1. The third-order valence-electron chi connectivity index (χ3n) is 2.28. The van der Waals surface area contributed by atoms with Crippen LogP contribution in [0.25, 0.3) is 0 Å². The van der Waals surface area contributed by atoms with E-state index in [4.69, 9.17) is 0 Å².